The van der Waals surface area contributed by atoms with Gasteiger partial charge in [-0.2, -0.15) is 0 Å². The molecule has 6 heteroatoms. The highest BCUT2D eigenvalue weighted by Crippen LogP contribution is 1.93. The standard InChI is InChI=1S/C13H28N2O4/c1-4-15(5-2)13(17)6-7-14-10-12(16)11-19-9-8-18-3/h12,14,16H,4-11H2,1-3H3. The van der Waals surface area contributed by atoms with Crippen molar-refractivity contribution in [3.8, 4) is 0 Å². The number of nitrogens with zero attached hydrogens (tertiary/aromatic N) is 1. The number of hydrogen-bond acceptors (Lipinski definition) is 5. The molecule has 0 aliphatic carbocycles. The van der Waals surface area contributed by atoms with Gasteiger partial charge < -0.3 is 24.8 Å². The average Bonchev–Trinajstić information content (AvgIpc) is 2.41. The summed E-state index contributed by atoms with van der Waals surface area (Å²) in [5.41, 5.74) is 0. The van der Waals surface area contributed by atoms with Crippen LogP contribution >= 0.6 is 0 Å². The van der Waals surface area contributed by atoms with E-state index in [9.17, 15) is 9.90 Å². The molecule has 0 radical (unpaired) electrons. The largest absolute Gasteiger partial charge is 0.389 e. The van der Waals surface area contributed by atoms with E-state index in [0.717, 1.165) is 13.1 Å². The monoisotopic (exact) mass is 276 g/mol. The van der Waals surface area contributed by atoms with Crippen molar-refractivity contribution in [3.63, 3.8) is 0 Å². The van der Waals surface area contributed by atoms with Crippen molar-refractivity contribution < 1.29 is 19.4 Å². The summed E-state index contributed by atoms with van der Waals surface area (Å²) >= 11 is 0. The number of aliphatic hydroxyl groups is 1. The summed E-state index contributed by atoms with van der Waals surface area (Å²) in [5, 5.41) is 12.6. The third kappa shape index (κ3) is 9.84. The Hall–Kier alpha value is -0.690. The molecule has 0 heterocycles. The summed E-state index contributed by atoms with van der Waals surface area (Å²) in [6, 6.07) is 0. The van der Waals surface area contributed by atoms with Crippen molar-refractivity contribution in [1.29, 1.82) is 0 Å². The van der Waals surface area contributed by atoms with Crippen LogP contribution < -0.4 is 5.32 Å². The number of ether oxygens (including phenoxy) is 2. The van der Waals surface area contributed by atoms with Crippen LogP contribution in [0.2, 0.25) is 0 Å². The van der Waals surface area contributed by atoms with E-state index in [2.05, 4.69) is 5.32 Å². The predicted molar refractivity (Wildman–Crippen MR) is 74.1 cm³/mol. The molecule has 114 valence electrons. The fourth-order valence-electron chi connectivity index (χ4n) is 1.62. The first kappa shape index (κ1) is 18.3. The highest BCUT2D eigenvalue weighted by molar-refractivity contribution is 5.76. The maximum Gasteiger partial charge on any atom is 0.223 e. The quantitative estimate of drug-likeness (QED) is 0.485. The molecule has 0 aliphatic rings. The molecule has 0 bridgehead atoms. The first-order valence-electron chi connectivity index (χ1n) is 6.88. The van der Waals surface area contributed by atoms with Gasteiger partial charge in [0.15, 0.2) is 0 Å². The Morgan fingerprint density at radius 1 is 1.32 bits per heavy atom. The van der Waals surface area contributed by atoms with Gasteiger partial charge in [0.25, 0.3) is 0 Å². The molecule has 1 unspecified atom stereocenters. The van der Waals surface area contributed by atoms with Gasteiger partial charge in [-0.3, -0.25) is 4.79 Å². The SMILES string of the molecule is CCN(CC)C(=O)CCNCC(O)COCCOC. The molecule has 6 nitrogen and oxygen atoms in total. The molecule has 0 saturated carbocycles. The topological polar surface area (TPSA) is 71.0 Å². The van der Waals surface area contributed by atoms with Crippen LogP contribution in [0.4, 0.5) is 0 Å². The van der Waals surface area contributed by atoms with E-state index in [-0.39, 0.29) is 12.5 Å². The van der Waals surface area contributed by atoms with Gasteiger partial charge in [-0.15, -0.1) is 0 Å². The van der Waals surface area contributed by atoms with Crippen molar-refractivity contribution in [1.82, 2.24) is 10.2 Å². The molecule has 0 rings (SSSR count). The van der Waals surface area contributed by atoms with E-state index < -0.39 is 6.10 Å². The number of aliphatic hydroxyl groups excluding tert-OH is 1. The van der Waals surface area contributed by atoms with Gasteiger partial charge in [-0.25, -0.2) is 0 Å². The molecular formula is C13H28N2O4. The summed E-state index contributed by atoms with van der Waals surface area (Å²) in [6.07, 6.45) is -0.0979. The normalized spacial score (nSPS) is 12.4. The summed E-state index contributed by atoms with van der Waals surface area (Å²) in [5.74, 6) is 0.142. The second-order valence-corrected chi connectivity index (χ2v) is 4.24. The number of hydrogen-bond donors (Lipinski definition) is 2. The van der Waals surface area contributed by atoms with E-state index in [0.29, 0.717) is 32.7 Å². The Kier molecular flexibility index (Phi) is 11.9. The van der Waals surface area contributed by atoms with Crippen LogP contribution in [0.25, 0.3) is 0 Å². The van der Waals surface area contributed by atoms with Crippen molar-refractivity contribution in [2.75, 3.05) is 53.1 Å². The first-order chi connectivity index (χ1) is 9.15. The van der Waals surface area contributed by atoms with Gasteiger partial charge in [0.2, 0.25) is 5.91 Å². The molecule has 0 aliphatic heterocycles. The van der Waals surface area contributed by atoms with E-state index in [1.165, 1.54) is 0 Å². The smallest absolute Gasteiger partial charge is 0.223 e. The van der Waals surface area contributed by atoms with E-state index >= 15 is 0 Å². The maximum atomic E-state index is 11.7. The predicted octanol–water partition coefficient (Wildman–Crippen LogP) is -0.142. The van der Waals surface area contributed by atoms with Crippen LogP contribution in [0.5, 0.6) is 0 Å². The number of carbonyl (C=O) groups is 1. The molecule has 1 atom stereocenters. The molecule has 0 saturated heterocycles. The molecule has 0 aromatic rings. The molecule has 0 fully saturated rings. The van der Waals surface area contributed by atoms with Crippen molar-refractivity contribution in [3.05, 3.63) is 0 Å². The number of amides is 1. The summed E-state index contributed by atoms with van der Waals surface area (Å²) in [4.78, 5) is 13.5. The van der Waals surface area contributed by atoms with Crippen LogP contribution in [-0.4, -0.2) is 75.1 Å². The van der Waals surface area contributed by atoms with Crippen molar-refractivity contribution in [2.45, 2.75) is 26.4 Å². The fraction of sp³-hybridized carbons (Fsp3) is 0.923. The lowest BCUT2D eigenvalue weighted by Gasteiger charge is -2.19. The number of rotatable bonds is 12. The second-order valence-electron chi connectivity index (χ2n) is 4.24. The third-order valence-corrected chi connectivity index (χ3v) is 2.75. The zero-order chi connectivity index (χ0) is 14.5. The lowest BCUT2D eigenvalue weighted by atomic mass is 10.3. The van der Waals surface area contributed by atoms with Crippen LogP contribution in [0.1, 0.15) is 20.3 Å². The number of carbonyl (C=O) groups excluding carboxylic acids is 1. The van der Waals surface area contributed by atoms with Gasteiger partial charge in [-0.1, -0.05) is 0 Å². The molecule has 0 spiro atoms. The Morgan fingerprint density at radius 3 is 2.58 bits per heavy atom. The molecule has 2 N–H and O–H groups in total. The maximum absolute atomic E-state index is 11.7. The molecule has 0 aromatic carbocycles. The zero-order valence-electron chi connectivity index (χ0n) is 12.4. The first-order valence-corrected chi connectivity index (χ1v) is 6.88. The van der Waals surface area contributed by atoms with E-state index in [1.807, 2.05) is 13.8 Å². The minimum absolute atomic E-state index is 0.142. The lowest BCUT2D eigenvalue weighted by molar-refractivity contribution is -0.130. The van der Waals surface area contributed by atoms with Gasteiger partial charge in [0.05, 0.1) is 25.9 Å². The summed E-state index contributed by atoms with van der Waals surface area (Å²) < 4.78 is 10.0. The molecule has 19 heavy (non-hydrogen) atoms. The molecule has 1 amide bonds. The summed E-state index contributed by atoms with van der Waals surface area (Å²) in [6.45, 7) is 7.71. The van der Waals surface area contributed by atoms with E-state index in [1.54, 1.807) is 12.0 Å². The zero-order valence-corrected chi connectivity index (χ0v) is 12.4. The Bertz CT molecular complexity index is 223. The van der Waals surface area contributed by atoms with Gasteiger partial charge in [0.1, 0.15) is 0 Å². The van der Waals surface area contributed by atoms with Gasteiger partial charge >= 0.3 is 0 Å². The summed E-state index contributed by atoms with van der Waals surface area (Å²) in [7, 11) is 1.61. The van der Waals surface area contributed by atoms with Crippen LogP contribution in [0, 0.1) is 0 Å². The highest BCUT2D eigenvalue weighted by Gasteiger charge is 2.09. The van der Waals surface area contributed by atoms with E-state index in [4.69, 9.17) is 9.47 Å². The number of methoxy groups -OCH3 is 1. The lowest BCUT2D eigenvalue weighted by Crippen LogP contribution is -2.35. The van der Waals surface area contributed by atoms with Gasteiger partial charge in [-0.05, 0) is 13.8 Å². The van der Waals surface area contributed by atoms with Gasteiger partial charge in [0, 0.05) is 39.7 Å². The Morgan fingerprint density at radius 2 is 2.00 bits per heavy atom. The average molecular weight is 276 g/mol. The van der Waals surface area contributed by atoms with Crippen LogP contribution in [0.3, 0.4) is 0 Å². The minimum atomic E-state index is -0.555. The van der Waals surface area contributed by atoms with Crippen LogP contribution in [-0.2, 0) is 14.3 Å². The third-order valence-electron chi connectivity index (χ3n) is 2.75. The Balaban J connectivity index is 3.49. The van der Waals surface area contributed by atoms with Crippen molar-refractivity contribution >= 4 is 5.91 Å². The van der Waals surface area contributed by atoms with Crippen LogP contribution in [0.15, 0.2) is 0 Å². The molecule has 0 aromatic heterocycles. The fourth-order valence-corrected chi connectivity index (χ4v) is 1.62. The Labute approximate surface area is 116 Å². The molecular weight excluding hydrogens is 248 g/mol. The highest BCUT2D eigenvalue weighted by atomic mass is 16.5. The second kappa shape index (κ2) is 12.3. The minimum Gasteiger partial charge on any atom is -0.389 e. The number of nitrogens with one attached hydrogen (secondary N) is 1. The van der Waals surface area contributed by atoms with Crippen molar-refractivity contribution in [2.24, 2.45) is 0 Å².